The van der Waals surface area contributed by atoms with Gasteiger partial charge in [-0.25, -0.2) is 0 Å². The van der Waals surface area contributed by atoms with Crippen molar-refractivity contribution >= 4 is 8.07 Å². The molecule has 0 fully saturated rings. The highest BCUT2D eigenvalue weighted by atomic mass is 28.3. The summed E-state index contributed by atoms with van der Waals surface area (Å²) in [6, 6.07) is 0. The van der Waals surface area contributed by atoms with Crippen molar-refractivity contribution in [1.82, 2.24) is 0 Å². The molecule has 0 unspecified atom stereocenters. The monoisotopic (exact) mass is 202 g/mol. The summed E-state index contributed by atoms with van der Waals surface area (Å²) < 4.78 is 0. The van der Waals surface area contributed by atoms with E-state index >= 15 is 0 Å². The molecule has 74 valence electrons. The third-order valence-corrected chi connectivity index (χ3v) is 9.56. The van der Waals surface area contributed by atoms with Crippen LogP contribution in [0.1, 0.15) is 38.5 Å². The van der Waals surface area contributed by atoms with Crippen molar-refractivity contribution in [3.8, 4) is 0 Å². The van der Waals surface area contributed by atoms with E-state index in [4.69, 9.17) is 0 Å². The highest BCUT2D eigenvalue weighted by Crippen LogP contribution is 2.46. The molecule has 0 atom stereocenters. The zero-order chi connectivity index (χ0) is 9.60. The van der Waals surface area contributed by atoms with Crippen LogP contribution in [0.5, 0.6) is 0 Å². The SMILES string of the molecule is C[Si]12C3=CCCC1=CCCC2=CCC3. The van der Waals surface area contributed by atoms with Gasteiger partial charge in [0.25, 0.3) is 0 Å². The molecule has 14 heavy (non-hydrogen) atoms. The molecule has 0 bridgehead atoms. The fourth-order valence-electron chi connectivity index (χ4n) is 3.49. The second kappa shape index (κ2) is 2.96. The Hall–Kier alpha value is -0.563. The molecule has 0 aliphatic carbocycles. The van der Waals surface area contributed by atoms with Crippen molar-refractivity contribution in [3.63, 3.8) is 0 Å². The highest BCUT2D eigenvalue weighted by molar-refractivity contribution is 6.98. The Morgan fingerprint density at radius 3 is 1.50 bits per heavy atom. The molecule has 0 radical (unpaired) electrons. The minimum atomic E-state index is -1.22. The molecule has 0 saturated heterocycles. The molecule has 0 spiro atoms. The standard InChI is InChI=1S/C13H18Si/c1-14-11-5-2-6-12(14)8-4-10-13(14)9-3-7-11/h5,8-9H,2-4,6-7,10H2,1H3. The van der Waals surface area contributed by atoms with Crippen molar-refractivity contribution in [1.29, 1.82) is 0 Å². The molecular formula is C13H18Si. The summed E-state index contributed by atoms with van der Waals surface area (Å²) >= 11 is 0. The second-order valence-corrected chi connectivity index (χ2v) is 9.11. The van der Waals surface area contributed by atoms with E-state index in [1.807, 2.05) is 15.6 Å². The van der Waals surface area contributed by atoms with Gasteiger partial charge in [-0.2, -0.15) is 0 Å². The topological polar surface area (TPSA) is 0 Å². The second-order valence-electron chi connectivity index (χ2n) is 4.93. The van der Waals surface area contributed by atoms with Crippen LogP contribution in [0.3, 0.4) is 0 Å². The van der Waals surface area contributed by atoms with Gasteiger partial charge in [-0.3, -0.25) is 0 Å². The molecule has 3 rings (SSSR count). The minimum Gasteiger partial charge on any atom is -0.0882 e. The van der Waals surface area contributed by atoms with Gasteiger partial charge in [-0.05, 0) is 38.5 Å². The fraction of sp³-hybridized carbons (Fsp3) is 0.538. The van der Waals surface area contributed by atoms with Gasteiger partial charge in [0.15, 0.2) is 0 Å². The van der Waals surface area contributed by atoms with Crippen molar-refractivity contribution in [2.24, 2.45) is 0 Å². The number of allylic oxidation sites excluding steroid dienone is 6. The molecule has 3 aliphatic heterocycles. The lowest BCUT2D eigenvalue weighted by molar-refractivity contribution is 0.861. The van der Waals surface area contributed by atoms with Gasteiger partial charge in [-0.15, -0.1) is 0 Å². The number of hydrogen-bond acceptors (Lipinski definition) is 0. The van der Waals surface area contributed by atoms with Crippen LogP contribution in [-0.4, -0.2) is 8.07 Å². The van der Waals surface area contributed by atoms with E-state index in [1.165, 1.54) is 38.5 Å². The van der Waals surface area contributed by atoms with Gasteiger partial charge < -0.3 is 0 Å². The molecular weight excluding hydrogens is 184 g/mol. The van der Waals surface area contributed by atoms with Gasteiger partial charge in [0.2, 0.25) is 0 Å². The van der Waals surface area contributed by atoms with Crippen LogP contribution in [0.15, 0.2) is 33.8 Å². The van der Waals surface area contributed by atoms with E-state index in [0.717, 1.165) is 0 Å². The summed E-state index contributed by atoms with van der Waals surface area (Å²) in [5.41, 5.74) is 0. The first kappa shape index (κ1) is 8.72. The van der Waals surface area contributed by atoms with Gasteiger partial charge >= 0.3 is 0 Å². The van der Waals surface area contributed by atoms with Crippen LogP contribution in [0.25, 0.3) is 0 Å². The zero-order valence-corrected chi connectivity index (χ0v) is 9.97. The van der Waals surface area contributed by atoms with Crippen LogP contribution < -0.4 is 0 Å². The van der Waals surface area contributed by atoms with Crippen LogP contribution in [-0.2, 0) is 0 Å². The van der Waals surface area contributed by atoms with Crippen molar-refractivity contribution in [2.45, 2.75) is 45.1 Å². The van der Waals surface area contributed by atoms with E-state index < -0.39 is 8.07 Å². The Bertz CT molecular complexity index is 302. The highest BCUT2D eigenvalue weighted by Gasteiger charge is 2.42. The summed E-state index contributed by atoms with van der Waals surface area (Å²) in [7, 11) is -1.22. The molecule has 0 nitrogen and oxygen atoms in total. The minimum absolute atomic E-state index is 1.22. The molecule has 0 aromatic carbocycles. The first-order valence-corrected chi connectivity index (χ1v) is 8.40. The molecule has 0 aromatic rings. The van der Waals surface area contributed by atoms with Crippen molar-refractivity contribution < 1.29 is 0 Å². The van der Waals surface area contributed by atoms with Crippen LogP contribution in [0, 0.1) is 0 Å². The zero-order valence-electron chi connectivity index (χ0n) is 8.97. The predicted molar refractivity (Wildman–Crippen MR) is 63.6 cm³/mol. The summed E-state index contributed by atoms with van der Waals surface area (Å²) in [5.74, 6) is 0. The maximum Gasteiger partial charge on any atom is 0.131 e. The maximum absolute atomic E-state index is 2.59. The summed E-state index contributed by atoms with van der Waals surface area (Å²) in [5, 5.41) is 5.56. The van der Waals surface area contributed by atoms with Crippen molar-refractivity contribution in [2.75, 3.05) is 0 Å². The molecule has 3 heterocycles. The summed E-state index contributed by atoms with van der Waals surface area (Å²) in [6.07, 6.45) is 15.8. The average molecular weight is 202 g/mol. The smallest absolute Gasteiger partial charge is 0.0882 e. The first-order valence-electron chi connectivity index (χ1n) is 5.90. The van der Waals surface area contributed by atoms with Crippen LogP contribution >= 0.6 is 0 Å². The Morgan fingerprint density at radius 2 is 1.14 bits per heavy atom. The summed E-state index contributed by atoms with van der Waals surface area (Å²) in [6.45, 7) is 2.59. The maximum atomic E-state index is 2.59. The largest absolute Gasteiger partial charge is 0.131 e. The third kappa shape index (κ3) is 0.992. The van der Waals surface area contributed by atoms with Crippen molar-refractivity contribution in [3.05, 3.63) is 33.8 Å². The van der Waals surface area contributed by atoms with E-state index in [-0.39, 0.29) is 0 Å². The van der Waals surface area contributed by atoms with Crippen LogP contribution in [0.4, 0.5) is 0 Å². The van der Waals surface area contributed by atoms with E-state index in [9.17, 15) is 0 Å². The third-order valence-electron chi connectivity index (χ3n) is 4.34. The number of rotatable bonds is 0. The quantitative estimate of drug-likeness (QED) is 0.524. The normalized spacial score (nSPS) is 28.5. The molecule has 3 aliphatic rings. The van der Waals surface area contributed by atoms with Gasteiger partial charge in [0.05, 0.1) is 0 Å². The first-order chi connectivity index (χ1) is 6.82. The summed E-state index contributed by atoms with van der Waals surface area (Å²) in [4.78, 5) is 0. The van der Waals surface area contributed by atoms with Gasteiger partial charge in [-0.1, -0.05) is 40.4 Å². The predicted octanol–water partition coefficient (Wildman–Crippen LogP) is 3.84. The molecule has 0 saturated carbocycles. The van der Waals surface area contributed by atoms with E-state index in [2.05, 4.69) is 24.8 Å². The van der Waals surface area contributed by atoms with Gasteiger partial charge in [0, 0.05) is 0 Å². The fourth-order valence-corrected chi connectivity index (χ4v) is 8.32. The average Bonchev–Trinajstić information content (AvgIpc) is 2.18. The Balaban J connectivity index is 2.20. The van der Waals surface area contributed by atoms with E-state index in [0.29, 0.717) is 0 Å². The van der Waals surface area contributed by atoms with E-state index in [1.54, 1.807) is 0 Å². The lowest BCUT2D eigenvalue weighted by Gasteiger charge is -2.43. The molecule has 0 amide bonds. The lowest BCUT2D eigenvalue weighted by atomic mass is 10.1. The lowest BCUT2D eigenvalue weighted by Crippen LogP contribution is -2.44. The Kier molecular flexibility index (Phi) is 1.85. The number of hydrogen-bond donors (Lipinski definition) is 0. The molecule has 0 aromatic heterocycles. The van der Waals surface area contributed by atoms with Gasteiger partial charge in [0.1, 0.15) is 8.07 Å². The van der Waals surface area contributed by atoms with Crippen LogP contribution in [0.2, 0.25) is 6.55 Å². The molecule has 0 N–H and O–H groups in total. The Morgan fingerprint density at radius 1 is 0.786 bits per heavy atom. The molecule has 1 heteroatoms. The Labute approximate surface area is 87.4 Å².